The van der Waals surface area contributed by atoms with Gasteiger partial charge in [-0.15, -0.1) is 5.10 Å². The number of anilines is 1. The predicted molar refractivity (Wildman–Crippen MR) is 94.2 cm³/mol. The standard InChI is InChI=1S/C17H22ClN5O/c1-11(2)6-8-23-10-16(21-22-23)17(24)20-15-5-7-19-14-4-3-12(18)9-13(14)15/h3-4,9-11,15,19H,5-8H2,1-2H3,(H,20,24). The maximum Gasteiger partial charge on any atom is 0.273 e. The van der Waals surface area contributed by atoms with E-state index in [2.05, 4.69) is 34.8 Å². The normalized spacial score (nSPS) is 16.6. The number of hydrogen-bond acceptors (Lipinski definition) is 4. The lowest BCUT2D eigenvalue weighted by Crippen LogP contribution is -2.33. The number of amides is 1. The summed E-state index contributed by atoms with van der Waals surface area (Å²) in [4.78, 5) is 12.5. The molecular formula is C17H22ClN5O. The molecule has 0 fully saturated rings. The Labute approximate surface area is 146 Å². The molecule has 128 valence electrons. The van der Waals surface area contributed by atoms with Crippen LogP contribution in [0.2, 0.25) is 5.02 Å². The molecule has 1 atom stereocenters. The van der Waals surface area contributed by atoms with Crippen LogP contribution in [0.25, 0.3) is 0 Å². The number of halogens is 1. The molecule has 0 saturated carbocycles. The molecule has 1 aliphatic rings. The summed E-state index contributed by atoms with van der Waals surface area (Å²) in [6.07, 6.45) is 3.52. The third-order valence-electron chi connectivity index (χ3n) is 4.15. The first-order valence-electron chi connectivity index (χ1n) is 8.27. The summed E-state index contributed by atoms with van der Waals surface area (Å²) in [5.41, 5.74) is 2.37. The van der Waals surface area contributed by atoms with E-state index >= 15 is 0 Å². The number of aryl methyl sites for hydroxylation is 1. The highest BCUT2D eigenvalue weighted by molar-refractivity contribution is 6.30. The fourth-order valence-electron chi connectivity index (χ4n) is 2.77. The van der Waals surface area contributed by atoms with Crippen LogP contribution in [-0.4, -0.2) is 27.4 Å². The molecule has 0 saturated heterocycles. The van der Waals surface area contributed by atoms with Crippen LogP contribution < -0.4 is 10.6 Å². The fraction of sp³-hybridized carbons (Fsp3) is 0.471. The van der Waals surface area contributed by atoms with Crippen LogP contribution in [0.15, 0.2) is 24.4 Å². The van der Waals surface area contributed by atoms with Gasteiger partial charge in [0.1, 0.15) is 0 Å². The van der Waals surface area contributed by atoms with Crippen LogP contribution in [0.3, 0.4) is 0 Å². The first-order valence-corrected chi connectivity index (χ1v) is 8.65. The Hall–Kier alpha value is -2.08. The number of rotatable bonds is 5. The van der Waals surface area contributed by atoms with E-state index < -0.39 is 0 Å². The Morgan fingerprint density at radius 3 is 3.12 bits per heavy atom. The van der Waals surface area contributed by atoms with Crippen LogP contribution in [0.5, 0.6) is 0 Å². The highest BCUT2D eigenvalue weighted by Crippen LogP contribution is 2.32. The van der Waals surface area contributed by atoms with Crippen molar-refractivity contribution in [2.45, 2.75) is 39.3 Å². The van der Waals surface area contributed by atoms with Crippen molar-refractivity contribution in [2.24, 2.45) is 5.92 Å². The average Bonchev–Trinajstić information content (AvgIpc) is 3.02. The third-order valence-corrected chi connectivity index (χ3v) is 4.38. The van der Waals surface area contributed by atoms with Crippen molar-refractivity contribution in [1.29, 1.82) is 0 Å². The quantitative estimate of drug-likeness (QED) is 0.870. The minimum atomic E-state index is -0.205. The molecule has 2 aromatic rings. The Morgan fingerprint density at radius 1 is 1.50 bits per heavy atom. The maximum atomic E-state index is 12.5. The van der Waals surface area contributed by atoms with Gasteiger partial charge in [0.25, 0.3) is 5.91 Å². The van der Waals surface area contributed by atoms with Gasteiger partial charge in [0.2, 0.25) is 0 Å². The number of carbonyl (C=O) groups is 1. The minimum Gasteiger partial charge on any atom is -0.385 e. The van der Waals surface area contributed by atoms with E-state index in [0.29, 0.717) is 16.6 Å². The molecule has 2 N–H and O–H groups in total. The molecule has 0 aliphatic carbocycles. The SMILES string of the molecule is CC(C)CCn1cc(C(=O)NC2CCNc3ccc(Cl)cc32)nn1. The fourth-order valence-corrected chi connectivity index (χ4v) is 2.95. The molecular weight excluding hydrogens is 326 g/mol. The maximum absolute atomic E-state index is 12.5. The van der Waals surface area contributed by atoms with Crippen molar-refractivity contribution in [2.75, 3.05) is 11.9 Å². The molecule has 1 unspecified atom stereocenters. The molecule has 0 spiro atoms. The number of benzene rings is 1. The monoisotopic (exact) mass is 347 g/mol. The summed E-state index contributed by atoms with van der Waals surface area (Å²) in [5, 5.41) is 15.1. The van der Waals surface area contributed by atoms with Crippen molar-refractivity contribution in [3.05, 3.63) is 40.7 Å². The number of carbonyl (C=O) groups excluding carboxylic acids is 1. The molecule has 0 radical (unpaired) electrons. The first-order chi connectivity index (χ1) is 11.5. The van der Waals surface area contributed by atoms with Crippen LogP contribution >= 0.6 is 11.6 Å². The Balaban J connectivity index is 1.69. The number of fused-ring (bicyclic) bond motifs is 1. The molecule has 1 aromatic carbocycles. The van der Waals surface area contributed by atoms with Crippen molar-refractivity contribution in [3.8, 4) is 0 Å². The summed E-state index contributed by atoms with van der Waals surface area (Å²) in [5.74, 6) is 0.381. The largest absolute Gasteiger partial charge is 0.385 e. The second-order valence-electron chi connectivity index (χ2n) is 6.52. The van der Waals surface area contributed by atoms with Crippen molar-refractivity contribution < 1.29 is 4.79 Å². The molecule has 1 amide bonds. The molecule has 24 heavy (non-hydrogen) atoms. The molecule has 7 heteroatoms. The van der Waals surface area contributed by atoms with Gasteiger partial charge in [0, 0.05) is 23.8 Å². The van der Waals surface area contributed by atoms with Gasteiger partial charge in [-0.05, 0) is 42.5 Å². The number of hydrogen-bond donors (Lipinski definition) is 2. The summed E-state index contributed by atoms with van der Waals surface area (Å²) >= 11 is 6.09. The van der Waals surface area contributed by atoms with Crippen molar-refractivity contribution in [3.63, 3.8) is 0 Å². The highest BCUT2D eigenvalue weighted by Gasteiger charge is 2.23. The van der Waals surface area contributed by atoms with E-state index in [1.54, 1.807) is 10.9 Å². The highest BCUT2D eigenvalue weighted by atomic mass is 35.5. The zero-order valence-corrected chi connectivity index (χ0v) is 14.7. The predicted octanol–water partition coefficient (Wildman–Crippen LogP) is 3.26. The van der Waals surface area contributed by atoms with Gasteiger partial charge in [0.05, 0.1) is 12.2 Å². The van der Waals surface area contributed by atoms with Crippen LogP contribution in [0.1, 0.15) is 48.8 Å². The van der Waals surface area contributed by atoms with Crippen LogP contribution in [0, 0.1) is 5.92 Å². The molecule has 3 rings (SSSR count). The van der Waals surface area contributed by atoms with Gasteiger partial charge in [-0.25, -0.2) is 0 Å². The number of aromatic nitrogens is 3. The lowest BCUT2D eigenvalue weighted by atomic mass is 9.98. The molecule has 1 aliphatic heterocycles. The smallest absolute Gasteiger partial charge is 0.273 e. The molecule has 1 aromatic heterocycles. The summed E-state index contributed by atoms with van der Waals surface area (Å²) in [6.45, 7) is 5.89. The average molecular weight is 348 g/mol. The summed E-state index contributed by atoms with van der Waals surface area (Å²) < 4.78 is 1.72. The summed E-state index contributed by atoms with van der Waals surface area (Å²) in [7, 11) is 0. The van der Waals surface area contributed by atoms with E-state index in [1.165, 1.54) is 0 Å². The van der Waals surface area contributed by atoms with Crippen LogP contribution in [0.4, 0.5) is 5.69 Å². The zero-order chi connectivity index (χ0) is 17.1. The first kappa shape index (κ1) is 16.8. The lowest BCUT2D eigenvalue weighted by Gasteiger charge is -2.27. The minimum absolute atomic E-state index is 0.0757. The van der Waals surface area contributed by atoms with Crippen molar-refractivity contribution in [1.82, 2.24) is 20.3 Å². The lowest BCUT2D eigenvalue weighted by molar-refractivity contribution is 0.0929. The van der Waals surface area contributed by atoms with Crippen molar-refractivity contribution >= 4 is 23.2 Å². The van der Waals surface area contributed by atoms with Crippen LogP contribution in [-0.2, 0) is 6.54 Å². The van der Waals surface area contributed by atoms with E-state index in [0.717, 1.165) is 37.2 Å². The molecule has 6 nitrogen and oxygen atoms in total. The topological polar surface area (TPSA) is 71.8 Å². The van der Waals surface area contributed by atoms with Gasteiger partial charge in [-0.2, -0.15) is 0 Å². The van der Waals surface area contributed by atoms with E-state index in [9.17, 15) is 4.79 Å². The molecule has 2 heterocycles. The second-order valence-corrected chi connectivity index (χ2v) is 6.96. The van der Waals surface area contributed by atoms with E-state index in [4.69, 9.17) is 11.6 Å². The summed E-state index contributed by atoms with van der Waals surface area (Å²) in [6, 6.07) is 5.61. The number of nitrogens with zero attached hydrogens (tertiary/aromatic N) is 3. The van der Waals surface area contributed by atoms with Gasteiger partial charge in [-0.3, -0.25) is 9.48 Å². The van der Waals surface area contributed by atoms with Gasteiger partial charge < -0.3 is 10.6 Å². The van der Waals surface area contributed by atoms with E-state index in [1.807, 2.05) is 18.2 Å². The molecule has 0 bridgehead atoms. The Morgan fingerprint density at radius 2 is 2.33 bits per heavy atom. The Kier molecular flexibility index (Phi) is 5.04. The second kappa shape index (κ2) is 7.21. The van der Waals surface area contributed by atoms with E-state index in [-0.39, 0.29) is 11.9 Å². The Bertz CT molecular complexity index is 728. The number of nitrogens with one attached hydrogen (secondary N) is 2. The van der Waals surface area contributed by atoms with Gasteiger partial charge >= 0.3 is 0 Å². The van der Waals surface area contributed by atoms with Gasteiger partial charge in [-0.1, -0.05) is 30.7 Å². The zero-order valence-electron chi connectivity index (χ0n) is 13.9. The third kappa shape index (κ3) is 3.87. The van der Waals surface area contributed by atoms with Gasteiger partial charge in [0.15, 0.2) is 5.69 Å².